The number of carbonyl (C=O) groups excluding carboxylic acids is 2. The predicted octanol–water partition coefficient (Wildman–Crippen LogP) is 1.54. The lowest BCUT2D eigenvalue weighted by molar-refractivity contribution is -0.119. The van der Waals surface area contributed by atoms with Gasteiger partial charge >= 0.3 is 0 Å². The van der Waals surface area contributed by atoms with Crippen LogP contribution in [0.2, 0.25) is 0 Å². The van der Waals surface area contributed by atoms with Gasteiger partial charge < -0.3 is 20.9 Å². The molecule has 0 heterocycles. The van der Waals surface area contributed by atoms with Crippen molar-refractivity contribution in [3.63, 3.8) is 0 Å². The van der Waals surface area contributed by atoms with Gasteiger partial charge in [0, 0.05) is 6.07 Å². The molecule has 0 saturated heterocycles. The molecule has 122 valence electrons. The number of carbonyl (C=O) groups is 2. The molecule has 0 saturated carbocycles. The van der Waals surface area contributed by atoms with Crippen LogP contribution in [-0.2, 0) is 16.0 Å². The van der Waals surface area contributed by atoms with Crippen molar-refractivity contribution < 1.29 is 19.1 Å². The first-order chi connectivity index (χ1) is 10.5. The molecule has 0 aromatic heterocycles. The molecule has 6 nitrogen and oxygen atoms in total. The van der Waals surface area contributed by atoms with Gasteiger partial charge in [-0.3, -0.25) is 9.59 Å². The van der Waals surface area contributed by atoms with Crippen molar-refractivity contribution in [2.45, 2.75) is 39.0 Å². The normalized spacial score (nSPS) is 10.2. The highest BCUT2D eigenvalue weighted by atomic mass is 16.5. The van der Waals surface area contributed by atoms with Crippen LogP contribution in [0.25, 0.3) is 0 Å². The molecule has 2 amide bonds. The highest BCUT2D eigenvalue weighted by Crippen LogP contribution is 2.24. The summed E-state index contributed by atoms with van der Waals surface area (Å²) in [5.74, 6) is 0.452. The Morgan fingerprint density at radius 2 is 1.45 bits per heavy atom. The minimum absolute atomic E-state index is 0.164. The summed E-state index contributed by atoms with van der Waals surface area (Å²) in [6.07, 6.45) is 3.39. The number of hydrogen-bond donors (Lipinski definition) is 2. The standard InChI is InChI=1S/C16H24N2O4/c1-2-3-4-12-9-13(21-7-5-15(17)19)11-14(10-12)22-8-6-16(18)20/h9-11H,2-8H2,1H3,(H2,17,19)(H2,18,20). The maximum Gasteiger partial charge on any atom is 0.220 e. The summed E-state index contributed by atoms with van der Waals surface area (Å²) < 4.78 is 11.1. The average Bonchev–Trinajstić information content (AvgIpc) is 2.44. The van der Waals surface area contributed by atoms with Crippen LogP contribution in [0.5, 0.6) is 11.5 Å². The molecule has 0 aliphatic heterocycles. The molecular weight excluding hydrogens is 284 g/mol. The maximum atomic E-state index is 10.7. The molecule has 6 heteroatoms. The second kappa shape index (κ2) is 9.65. The van der Waals surface area contributed by atoms with E-state index in [0.29, 0.717) is 11.5 Å². The molecule has 22 heavy (non-hydrogen) atoms. The van der Waals surface area contributed by atoms with Gasteiger partial charge in [-0.1, -0.05) is 13.3 Å². The van der Waals surface area contributed by atoms with E-state index in [4.69, 9.17) is 20.9 Å². The summed E-state index contributed by atoms with van der Waals surface area (Å²) in [5.41, 5.74) is 11.3. The van der Waals surface area contributed by atoms with Gasteiger partial charge in [0.25, 0.3) is 0 Å². The van der Waals surface area contributed by atoms with E-state index in [9.17, 15) is 9.59 Å². The van der Waals surface area contributed by atoms with Crippen molar-refractivity contribution in [2.24, 2.45) is 11.5 Å². The van der Waals surface area contributed by atoms with E-state index >= 15 is 0 Å². The molecule has 1 rings (SSSR count). The number of benzene rings is 1. The summed E-state index contributed by atoms with van der Waals surface area (Å²) in [6, 6.07) is 5.59. The maximum absolute atomic E-state index is 10.7. The summed E-state index contributed by atoms with van der Waals surface area (Å²) in [7, 11) is 0. The first kappa shape index (κ1) is 17.8. The van der Waals surface area contributed by atoms with Crippen molar-refractivity contribution in [2.75, 3.05) is 13.2 Å². The first-order valence-electron chi connectivity index (χ1n) is 7.47. The van der Waals surface area contributed by atoms with Crippen molar-refractivity contribution in [3.05, 3.63) is 23.8 Å². The number of ether oxygens (including phenoxy) is 2. The van der Waals surface area contributed by atoms with E-state index in [1.165, 1.54) is 0 Å². The van der Waals surface area contributed by atoms with Gasteiger partial charge in [-0.15, -0.1) is 0 Å². The van der Waals surface area contributed by atoms with Crippen LogP contribution in [0.1, 0.15) is 38.2 Å². The molecule has 0 atom stereocenters. The molecule has 0 aliphatic carbocycles. The molecule has 1 aromatic rings. The Hall–Kier alpha value is -2.24. The van der Waals surface area contributed by atoms with Gasteiger partial charge in [0.1, 0.15) is 11.5 Å². The molecule has 4 N–H and O–H groups in total. The Morgan fingerprint density at radius 1 is 0.955 bits per heavy atom. The van der Waals surface area contributed by atoms with Crippen LogP contribution in [0.15, 0.2) is 18.2 Å². The fourth-order valence-electron chi connectivity index (χ4n) is 1.86. The zero-order chi connectivity index (χ0) is 16.4. The van der Waals surface area contributed by atoms with Crippen molar-refractivity contribution in [3.8, 4) is 11.5 Å². The number of nitrogens with two attached hydrogens (primary N) is 2. The van der Waals surface area contributed by atoms with E-state index in [1.807, 2.05) is 12.1 Å². The van der Waals surface area contributed by atoms with E-state index in [2.05, 4.69) is 6.92 Å². The lowest BCUT2D eigenvalue weighted by Gasteiger charge is -2.12. The molecule has 0 bridgehead atoms. The van der Waals surface area contributed by atoms with Gasteiger partial charge in [-0.05, 0) is 30.5 Å². The summed E-state index contributed by atoms with van der Waals surface area (Å²) in [4.78, 5) is 21.5. The van der Waals surface area contributed by atoms with Gasteiger partial charge in [0.2, 0.25) is 11.8 Å². The highest BCUT2D eigenvalue weighted by Gasteiger charge is 2.05. The van der Waals surface area contributed by atoms with E-state index in [-0.39, 0.29) is 26.1 Å². The van der Waals surface area contributed by atoms with Crippen LogP contribution >= 0.6 is 0 Å². The third-order valence-electron chi connectivity index (χ3n) is 2.99. The van der Waals surface area contributed by atoms with E-state index < -0.39 is 11.8 Å². The lowest BCUT2D eigenvalue weighted by Crippen LogP contribution is -2.15. The summed E-state index contributed by atoms with van der Waals surface area (Å²) in [5, 5.41) is 0. The van der Waals surface area contributed by atoms with Crippen molar-refractivity contribution in [1.82, 2.24) is 0 Å². The van der Waals surface area contributed by atoms with E-state index in [1.54, 1.807) is 6.07 Å². The monoisotopic (exact) mass is 308 g/mol. The molecule has 0 radical (unpaired) electrons. The Kier molecular flexibility index (Phi) is 7.81. The van der Waals surface area contributed by atoms with Crippen molar-refractivity contribution >= 4 is 11.8 Å². The largest absolute Gasteiger partial charge is 0.493 e. The van der Waals surface area contributed by atoms with Gasteiger partial charge in [0.15, 0.2) is 0 Å². The lowest BCUT2D eigenvalue weighted by atomic mass is 10.1. The second-order valence-electron chi connectivity index (χ2n) is 5.05. The zero-order valence-electron chi connectivity index (χ0n) is 13.0. The third-order valence-corrected chi connectivity index (χ3v) is 2.99. The van der Waals surface area contributed by atoms with Gasteiger partial charge in [-0.25, -0.2) is 0 Å². The molecule has 0 spiro atoms. The van der Waals surface area contributed by atoms with Gasteiger partial charge in [0.05, 0.1) is 26.1 Å². The number of amides is 2. The smallest absolute Gasteiger partial charge is 0.220 e. The fourth-order valence-corrected chi connectivity index (χ4v) is 1.86. The number of primary amides is 2. The summed E-state index contributed by atoms with van der Waals surface area (Å²) in [6.45, 7) is 2.58. The average molecular weight is 308 g/mol. The Balaban J connectivity index is 2.71. The Bertz CT molecular complexity index is 465. The second-order valence-corrected chi connectivity index (χ2v) is 5.05. The van der Waals surface area contributed by atoms with Crippen LogP contribution in [0.4, 0.5) is 0 Å². The molecule has 0 fully saturated rings. The minimum atomic E-state index is -0.403. The zero-order valence-corrected chi connectivity index (χ0v) is 13.0. The van der Waals surface area contributed by atoms with Crippen LogP contribution < -0.4 is 20.9 Å². The molecular formula is C16H24N2O4. The highest BCUT2D eigenvalue weighted by molar-refractivity contribution is 5.74. The topological polar surface area (TPSA) is 105 Å². The molecule has 0 unspecified atom stereocenters. The SMILES string of the molecule is CCCCc1cc(OCCC(N)=O)cc(OCCC(N)=O)c1. The van der Waals surface area contributed by atoms with Crippen LogP contribution in [-0.4, -0.2) is 25.0 Å². The number of hydrogen-bond acceptors (Lipinski definition) is 4. The quantitative estimate of drug-likeness (QED) is 0.647. The Morgan fingerprint density at radius 3 is 1.86 bits per heavy atom. The van der Waals surface area contributed by atoms with Crippen LogP contribution in [0.3, 0.4) is 0 Å². The molecule has 1 aromatic carbocycles. The molecule has 0 aliphatic rings. The number of unbranched alkanes of at least 4 members (excludes halogenated alkanes) is 1. The first-order valence-corrected chi connectivity index (χ1v) is 7.47. The minimum Gasteiger partial charge on any atom is -0.493 e. The Labute approximate surface area is 130 Å². The van der Waals surface area contributed by atoms with E-state index in [0.717, 1.165) is 24.8 Å². The predicted molar refractivity (Wildman–Crippen MR) is 83.7 cm³/mol. The number of aryl methyl sites for hydroxylation is 1. The van der Waals surface area contributed by atoms with Gasteiger partial charge in [-0.2, -0.15) is 0 Å². The number of rotatable bonds is 11. The fraction of sp³-hybridized carbons (Fsp3) is 0.500. The summed E-state index contributed by atoms with van der Waals surface area (Å²) >= 11 is 0. The van der Waals surface area contributed by atoms with Crippen molar-refractivity contribution in [1.29, 1.82) is 0 Å². The third kappa shape index (κ3) is 7.52. The van der Waals surface area contributed by atoms with Crippen LogP contribution in [0, 0.1) is 0 Å².